The molecule has 2 aromatic carbocycles. The van der Waals surface area contributed by atoms with Gasteiger partial charge in [-0.2, -0.15) is 0 Å². The minimum absolute atomic E-state index is 0. The van der Waals surface area contributed by atoms with Gasteiger partial charge in [0.25, 0.3) is 0 Å². The fourth-order valence-corrected chi connectivity index (χ4v) is 2.70. The lowest BCUT2D eigenvalue weighted by Crippen LogP contribution is -2.28. The molecule has 2 rings (SSSR count). The summed E-state index contributed by atoms with van der Waals surface area (Å²) in [6, 6.07) is 17.8. The van der Waals surface area contributed by atoms with Crippen molar-refractivity contribution >= 4 is 18.1 Å². The molecule has 0 amide bonds. The minimum atomic E-state index is -0.582. The van der Waals surface area contributed by atoms with Crippen molar-refractivity contribution in [2.75, 3.05) is 18.0 Å². The Kier molecular flexibility index (Phi) is 8.10. The first kappa shape index (κ1) is 19.5. The number of halogens is 1. The lowest BCUT2D eigenvalue weighted by Gasteiger charge is -2.23. The van der Waals surface area contributed by atoms with E-state index in [-0.39, 0.29) is 18.4 Å². The molecule has 0 spiro atoms. The van der Waals surface area contributed by atoms with E-state index < -0.39 is 6.10 Å². The zero-order valence-electron chi connectivity index (χ0n) is 13.9. The van der Waals surface area contributed by atoms with Crippen molar-refractivity contribution in [3.63, 3.8) is 0 Å². The Morgan fingerprint density at radius 1 is 0.957 bits per heavy atom. The molecule has 2 atom stereocenters. The molecule has 0 aromatic heterocycles. The van der Waals surface area contributed by atoms with E-state index in [2.05, 4.69) is 30.9 Å². The van der Waals surface area contributed by atoms with Crippen LogP contribution in [-0.4, -0.2) is 24.3 Å². The largest absolute Gasteiger partial charge is 0.391 e. The molecule has 0 saturated carbocycles. The SMILES string of the molecule is CCN(CC)c1ccc([C@@H](N)[C@@H](O)Cc2ccccc2)cc1.Cl. The van der Waals surface area contributed by atoms with E-state index in [9.17, 15) is 5.11 Å². The predicted molar refractivity (Wildman–Crippen MR) is 100 cm³/mol. The number of nitrogens with two attached hydrogens (primary N) is 1. The van der Waals surface area contributed by atoms with Gasteiger partial charge < -0.3 is 15.7 Å². The first-order valence-corrected chi connectivity index (χ1v) is 7.98. The van der Waals surface area contributed by atoms with Crippen molar-refractivity contribution in [1.29, 1.82) is 0 Å². The Morgan fingerprint density at radius 3 is 2.04 bits per heavy atom. The monoisotopic (exact) mass is 334 g/mol. The number of rotatable bonds is 7. The van der Waals surface area contributed by atoms with Gasteiger partial charge in [0.15, 0.2) is 0 Å². The van der Waals surface area contributed by atoms with Crippen LogP contribution in [0.4, 0.5) is 5.69 Å². The second-order valence-corrected chi connectivity index (χ2v) is 5.55. The molecule has 0 heterocycles. The van der Waals surface area contributed by atoms with Gasteiger partial charge in [-0.15, -0.1) is 12.4 Å². The van der Waals surface area contributed by atoms with Crippen LogP contribution in [0.3, 0.4) is 0 Å². The van der Waals surface area contributed by atoms with Crippen LogP contribution in [0.25, 0.3) is 0 Å². The Morgan fingerprint density at radius 2 is 1.52 bits per heavy atom. The van der Waals surface area contributed by atoms with E-state index in [4.69, 9.17) is 5.73 Å². The maximum atomic E-state index is 10.4. The third kappa shape index (κ3) is 5.24. The van der Waals surface area contributed by atoms with Crippen molar-refractivity contribution in [2.45, 2.75) is 32.4 Å². The number of anilines is 1. The van der Waals surface area contributed by atoms with E-state index in [1.54, 1.807) is 0 Å². The third-order valence-corrected chi connectivity index (χ3v) is 4.11. The number of hydrogen-bond acceptors (Lipinski definition) is 3. The molecular weight excluding hydrogens is 308 g/mol. The van der Waals surface area contributed by atoms with Gasteiger partial charge in [0.2, 0.25) is 0 Å². The average molecular weight is 335 g/mol. The van der Waals surface area contributed by atoms with Crippen molar-refractivity contribution in [3.8, 4) is 0 Å². The fourth-order valence-electron chi connectivity index (χ4n) is 2.70. The first-order chi connectivity index (χ1) is 10.7. The number of aliphatic hydroxyl groups excluding tert-OH is 1. The van der Waals surface area contributed by atoms with E-state index in [1.165, 1.54) is 5.69 Å². The van der Waals surface area contributed by atoms with Crippen LogP contribution in [0.5, 0.6) is 0 Å². The third-order valence-electron chi connectivity index (χ3n) is 4.11. The van der Waals surface area contributed by atoms with Crippen molar-refractivity contribution in [2.24, 2.45) is 5.73 Å². The molecule has 0 fully saturated rings. The Bertz CT molecular complexity index is 555. The summed E-state index contributed by atoms with van der Waals surface area (Å²) in [5.74, 6) is 0. The van der Waals surface area contributed by atoms with Crippen molar-refractivity contribution < 1.29 is 5.11 Å². The van der Waals surface area contributed by atoms with Gasteiger partial charge in [0, 0.05) is 25.2 Å². The second kappa shape index (κ2) is 9.56. The molecule has 0 radical (unpaired) electrons. The summed E-state index contributed by atoms with van der Waals surface area (Å²) in [6.07, 6.45) is -0.0125. The molecule has 23 heavy (non-hydrogen) atoms. The van der Waals surface area contributed by atoms with Gasteiger partial charge in [-0.25, -0.2) is 0 Å². The highest BCUT2D eigenvalue weighted by atomic mass is 35.5. The van der Waals surface area contributed by atoms with E-state index in [0.29, 0.717) is 6.42 Å². The van der Waals surface area contributed by atoms with Crippen LogP contribution in [0.2, 0.25) is 0 Å². The fraction of sp³-hybridized carbons (Fsp3) is 0.368. The standard InChI is InChI=1S/C19H26N2O.ClH/c1-3-21(4-2)17-12-10-16(11-13-17)19(20)18(22)14-15-8-6-5-7-9-15;/h5-13,18-19,22H,3-4,14,20H2,1-2H3;1H/t18-,19+;/m0./s1. The van der Waals surface area contributed by atoms with Gasteiger partial charge in [0.05, 0.1) is 12.1 Å². The Balaban J connectivity index is 0.00000264. The van der Waals surface area contributed by atoms with Crippen LogP contribution in [0.1, 0.15) is 31.0 Å². The summed E-state index contributed by atoms with van der Waals surface area (Å²) in [7, 11) is 0. The normalized spacial score (nSPS) is 13.0. The van der Waals surface area contributed by atoms with Gasteiger partial charge in [-0.3, -0.25) is 0 Å². The summed E-state index contributed by atoms with van der Waals surface area (Å²) in [4.78, 5) is 2.29. The lowest BCUT2D eigenvalue weighted by atomic mass is 9.96. The maximum Gasteiger partial charge on any atom is 0.0773 e. The molecule has 0 saturated heterocycles. The van der Waals surface area contributed by atoms with Crippen molar-refractivity contribution in [1.82, 2.24) is 0 Å². The van der Waals surface area contributed by atoms with Gasteiger partial charge in [-0.05, 0) is 37.1 Å². The Labute approximate surface area is 145 Å². The predicted octanol–water partition coefficient (Wildman–Crippen LogP) is 3.56. The van der Waals surface area contributed by atoms with Crippen LogP contribution in [0.15, 0.2) is 54.6 Å². The molecule has 4 heteroatoms. The molecule has 126 valence electrons. The van der Waals surface area contributed by atoms with Gasteiger partial charge in [-0.1, -0.05) is 42.5 Å². The highest BCUT2D eigenvalue weighted by Crippen LogP contribution is 2.21. The number of benzene rings is 2. The van der Waals surface area contributed by atoms with Crippen LogP contribution < -0.4 is 10.6 Å². The van der Waals surface area contributed by atoms with E-state index in [1.807, 2.05) is 42.5 Å². The summed E-state index contributed by atoms with van der Waals surface area (Å²) in [5.41, 5.74) is 9.48. The van der Waals surface area contributed by atoms with Crippen LogP contribution in [0, 0.1) is 0 Å². The summed E-state index contributed by atoms with van der Waals surface area (Å²) >= 11 is 0. The summed E-state index contributed by atoms with van der Waals surface area (Å²) < 4.78 is 0. The molecule has 0 bridgehead atoms. The molecule has 0 unspecified atom stereocenters. The van der Waals surface area contributed by atoms with E-state index in [0.717, 1.165) is 24.2 Å². The quantitative estimate of drug-likeness (QED) is 0.814. The second-order valence-electron chi connectivity index (χ2n) is 5.55. The topological polar surface area (TPSA) is 49.5 Å². The van der Waals surface area contributed by atoms with Crippen LogP contribution >= 0.6 is 12.4 Å². The van der Waals surface area contributed by atoms with E-state index >= 15 is 0 Å². The lowest BCUT2D eigenvalue weighted by molar-refractivity contribution is 0.145. The smallest absolute Gasteiger partial charge is 0.0773 e. The number of nitrogens with zero attached hydrogens (tertiary/aromatic N) is 1. The Hall–Kier alpha value is -1.55. The molecular formula is C19H27ClN2O. The zero-order chi connectivity index (χ0) is 15.9. The molecule has 3 nitrogen and oxygen atoms in total. The summed E-state index contributed by atoms with van der Waals surface area (Å²) in [5, 5.41) is 10.4. The molecule has 0 aliphatic heterocycles. The highest BCUT2D eigenvalue weighted by molar-refractivity contribution is 5.85. The number of aliphatic hydroxyl groups is 1. The molecule has 0 aliphatic carbocycles. The first-order valence-electron chi connectivity index (χ1n) is 7.98. The zero-order valence-corrected chi connectivity index (χ0v) is 14.7. The van der Waals surface area contributed by atoms with Gasteiger partial charge in [0.1, 0.15) is 0 Å². The summed E-state index contributed by atoms with van der Waals surface area (Å²) in [6.45, 7) is 6.26. The molecule has 3 N–H and O–H groups in total. The number of hydrogen-bond donors (Lipinski definition) is 2. The minimum Gasteiger partial charge on any atom is -0.391 e. The maximum absolute atomic E-state index is 10.4. The average Bonchev–Trinajstić information content (AvgIpc) is 2.57. The van der Waals surface area contributed by atoms with Crippen LogP contribution in [-0.2, 0) is 6.42 Å². The molecule has 0 aliphatic rings. The highest BCUT2D eigenvalue weighted by Gasteiger charge is 2.17. The van der Waals surface area contributed by atoms with Gasteiger partial charge >= 0.3 is 0 Å². The molecule has 2 aromatic rings. The van der Waals surface area contributed by atoms with Crippen molar-refractivity contribution in [3.05, 3.63) is 65.7 Å².